The summed E-state index contributed by atoms with van der Waals surface area (Å²) in [5.74, 6) is -0.187. The van der Waals surface area contributed by atoms with Crippen molar-refractivity contribution < 1.29 is 49.3 Å². The Morgan fingerprint density at radius 1 is 0.389 bits per heavy atom. The summed E-state index contributed by atoms with van der Waals surface area (Å²) in [6.07, 6.45) is 89.5. The van der Waals surface area contributed by atoms with E-state index in [1.165, 1.54) is 289 Å². The first-order valence-corrected chi connectivity index (χ1v) is 40.7. The quantitative estimate of drug-likeness (QED) is 0.0195. The zero-order valence-corrected chi connectivity index (χ0v) is 61.9. The standard InChI is InChI=1S/C84H153NO10/c1-3-5-7-9-11-13-15-17-18-45-48-52-56-60-64-68-72-80(89)93-73-69-65-61-57-53-49-46-43-41-39-37-35-33-31-29-27-25-23-21-19-20-22-24-26-28-30-32-34-36-38-40-42-44-47-51-55-59-63-67-71-79(88)85-76(75-94-84-83(92)82(91)81(90)78(74-86)95-84)77(87)70-66-62-58-54-50-16-14-12-10-8-6-4-2/h13,15,18-20,23,25,45,50,54,66,70,76-78,81-84,86-87,90-92H,3-12,14,16-17,21-22,24,26-44,46-49,51-53,55-65,67-69,71-75H2,1-2H3,(H,85,88)/b15-13-,20-19-,25-23-,45-18-,54-50+,70-66+. The van der Waals surface area contributed by atoms with Crippen LogP contribution >= 0.6 is 0 Å². The van der Waals surface area contributed by atoms with E-state index in [2.05, 4.69) is 79.9 Å². The summed E-state index contributed by atoms with van der Waals surface area (Å²) in [5, 5.41) is 54.5. The Bertz CT molecular complexity index is 1810. The van der Waals surface area contributed by atoms with Crippen LogP contribution in [0.2, 0.25) is 0 Å². The van der Waals surface area contributed by atoms with Crippen molar-refractivity contribution in [2.45, 2.75) is 429 Å². The van der Waals surface area contributed by atoms with E-state index in [0.717, 1.165) is 70.6 Å². The van der Waals surface area contributed by atoms with E-state index in [0.29, 0.717) is 19.4 Å². The van der Waals surface area contributed by atoms with E-state index in [9.17, 15) is 35.1 Å². The molecule has 0 aromatic carbocycles. The lowest BCUT2D eigenvalue weighted by Crippen LogP contribution is -2.60. The summed E-state index contributed by atoms with van der Waals surface area (Å²) in [7, 11) is 0. The summed E-state index contributed by atoms with van der Waals surface area (Å²) >= 11 is 0. The van der Waals surface area contributed by atoms with E-state index < -0.39 is 49.5 Å². The predicted octanol–water partition coefficient (Wildman–Crippen LogP) is 22.2. The number of rotatable bonds is 72. The van der Waals surface area contributed by atoms with Crippen molar-refractivity contribution in [1.82, 2.24) is 5.32 Å². The maximum atomic E-state index is 13.1. The number of nitrogens with one attached hydrogen (secondary N) is 1. The van der Waals surface area contributed by atoms with Gasteiger partial charge in [-0.3, -0.25) is 9.59 Å². The molecule has 1 heterocycles. The molecule has 554 valence electrons. The van der Waals surface area contributed by atoms with E-state index in [-0.39, 0.29) is 18.5 Å². The van der Waals surface area contributed by atoms with Gasteiger partial charge in [-0.1, -0.05) is 337 Å². The summed E-state index contributed by atoms with van der Waals surface area (Å²) in [6, 6.07) is -0.826. The number of amides is 1. The number of hydrogen-bond acceptors (Lipinski definition) is 10. The molecule has 1 saturated heterocycles. The van der Waals surface area contributed by atoms with Crippen LogP contribution in [0.3, 0.4) is 0 Å². The van der Waals surface area contributed by atoms with Gasteiger partial charge in [-0.25, -0.2) is 0 Å². The van der Waals surface area contributed by atoms with Crippen molar-refractivity contribution in [2.24, 2.45) is 0 Å². The molecule has 1 aliphatic rings. The van der Waals surface area contributed by atoms with Gasteiger partial charge in [0.2, 0.25) is 5.91 Å². The molecule has 1 amide bonds. The van der Waals surface area contributed by atoms with Crippen LogP contribution in [-0.2, 0) is 23.8 Å². The van der Waals surface area contributed by atoms with Crippen molar-refractivity contribution in [3.63, 3.8) is 0 Å². The summed E-state index contributed by atoms with van der Waals surface area (Å²) in [4.78, 5) is 25.2. The summed E-state index contributed by atoms with van der Waals surface area (Å²) in [6.45, 7) is 4.33. The third-order valence-corrected chi connectivity index (χ3v) is 19.0. The van der Waals surface area contributed by atoms with Crippen LogP contribution < -0.4 is 5.32 Å². The predicted molar refractivity (Wildman–Crippen MR) is 403 cm³/mol. The fraction of sp³-hybridized carbons (Fsp3) is 0.833. The summed E-state index contributed by atoms with van der Waals surface area (Å²) < 4.78 is 16.7. The molecule has 7 atom stereocenters. The minimum Gasteiger partial charge on any atom is -0.466 e. The highest BCUT2D eigenvalue weighted by atomic mass is 16.7. The van der Waals surface area contributed by atoms with Gasteiger partial charge >= 0.3 is 5.97 Å². The lowest BCUT2D eigenvalue weighted by molar-refractivity contribution is -0.302. The molecule has 11 heteroatoms. The van der Waals surface area contributed by atoms with Gasteiger partial charge in [0, 0.05) is 12.8 Å². The molecule has 0 radical (unpaired) electrons. The zero-order valence-electron chi connectivity index (χ0n) is 61.9. The molecular formula is C84H153NO10. The minimum absolute atomic E-state index is 0.000914. The van der Waals surface area contributed by atoms with Crippen LogP contribution in [0.5, 0.6) is 0 Å². The first-order chi connectivity index (χ1) is 46.7. The van der Waals surface area contributed by atoms with E-state index in [1.807, 2.05) is 6.08 Å². The molecule has 11 nitrogen and oxygen atoms in total. The second-order valence-corrected chi connectivity index (χ2v) is 28.1. The van der Waals surface area contributed by atoms with Crippen LogP contribution in [0, 0.1) is 0 Å². The van der Waals surface area contributed by atoms with E-state index in [1.54, 1.807) is 6.08 Å². The fourth-order valence-corrected chi connectivity index (χ4v) is 12.6. The zero-order chi connectivity index (χ0) is 68.6. The van der Waals surface area contributed by atoms with Gasteiger partial charge in [-0.15, -0.1) is 0 Å². The van der Waals surface area contributed by atoms with Crippen molar-refractivity contribution in [3.8, 4) is 0 Å². The lowest BCUT2D eigenvalue weighted by Gasteiger charge is -2.40. The first-order valence-electron chi connectivity index (χ1n) is 40.7. The second kappa shape index (κ2) is 72.4. The van der Waals surface area contributed by atoms with Crippen molar-refractivity contribution in [1.29, 1.82) is 0 Å². The number of ether oxygens (including phenoxy) is 3. The molecule has 1 aliphatic heterocycles. The van der Waals surface area contributed by atoms with Gasteiger partial charge in [0.05, 0.1) is 32.0 Å². The molecule has 7 unspecified atom stereocenters. The van der Waals surface area contributed by atoms with Crippen LogP contribution in [0.25, 0.3) is 0 Å². The number of aliphatic hydroxyl groups is 5. The Balaban J connectivity index is 1.89. The van der Waals surface area contributed by atoms with E-state index >= 15 is 0 Å². The Hall–Kier alpha value is -2.90. The minimum atomic E-state index is -1.58. The van der Waals surface area contributed by atoms with Crippen LogP contribution in [0.1, 0.15) is 386 Å². The largest absolute Gasteiger partial charge is 0.466 e. The Morgan fingerprint density at radius 3 is 1.12 bits per heavy atom. The molecule has 95 heavy (non-hydrogen) atoms. The third kappa shape index (κ3) is 60.8. The highest BCUT2D eigenvalue weighted by Crippen LogP contribution is 2.24. The van der Waals surface area contributed by atoms with Crippen molar-refractivity contribution in [2.75, 3.05) is 19.8 Å². The number of carbonyl (C=O) groups excluding carboxylic acids is 2. The average molecular weight is 1340 g/mol. The van der Waals surface area contributed by atoms with Crippen LogP contribution in [0.4, 0.5) is 0 Å². The molecule has 6 N–H and O–H groups in total. The molecule has 0 spiro atoms. The number of aliphatic hydroxyl groups excluding tert-OH is 5. The maximum absolute atomic E-state index is 13.1. The molecule has 1 fully saturated rings. The molecule has 0 aromatic rings. The average Bonchev–Trinajstić information content (AvgIpc) is 0.883. The number of esters is 1. The van der Waals surface area contributed by atoms with Crippen LogP contribution in [0.15, 0.2) is 72.9 Å². The smallest absolute Gasteiger partial charge is 0.305 e. The van der Waals surface area contributed by atoms with Gasteiger partial charge < -0.3 is 45.1 Å². The topological polar surface area (TPSA) is 175 Å². The van der Waals surface area contributed by atoms with Gasteiger partial charge in [-0.2, -0.15) is 0 Å². The Labute approximate surface area is 585 Å². The highest BCUT2D eigenvalue weighted by Gasteiger charge is 2.44. The van der Waals surface area contributed by atoms with Gasteiger partial charge in [0.1, 0.15) is 24.4 Å². The number of unbranched alkanes of at least 4 members (excludes halogenated alkanes) is 48. The molecular weight excluding hydrogens is 1180 g/mol. The Kier molecular flexibility index (Phi) is 68.6. The lowest BCUT2D eigenvalue weighted by atomic mass is 9.99. The number of hydrogen-bond donors (Lipinski definition) is 6. The van der Waals surface area contributed by atoms with Crippen molar-refractivity contribution in [3.05, 3.63) is 72.9 Å². The van der Waals surface area contributed by atoms with Crippen molar-refractivity contribution >= 4 is 11.9 Å². The number of allylic oxidation sites excluding steroid dienone is 11. The molecule has 0 saturated carbocycles. The van der Waals surface area contributed by atoms with Gasteiger partial charge in [0.15, 0.2) is 6.29 Å². The first kappa shape index (κ1) is 90.1. The SMILES string of the molecule is CCCCCC/C=C\C/C=C\CCCCCCCC(=O)OCCCCCCCCCCCCCCCCC/C=C\C/C=C\CCCCCCCCCCCCCCCCCCCC(=O)NC(COC1OC(CO)C(O)C(O)C1O)C(O)/C=C/CC/C=C/CCCCCCCC. The molecule has 1 rings (SSSR count). The van der Waals surface area contributed by atoms with Gasteiger partial charge in [0.25, 0.3) is 0 Å². The van der Waals surface area contributed by atoms with Crippen LogP contribution in [-0.4, -0.2) is 100 Å². The van der Waals surface area contributed by atoms with E-state index in [4.69, 9.17) is 14.2 Å². The monoisotopic (exact) mass is 1340 g/mol. The second-order valence-electron chi connectivity index (χ2n) is 28.1. The molecule has 0 aliphatic carbocycles. The molecule has 0 bridgehead atoms. The summed E-state index contributed by atoms with van der Waals surface area (Å²) in [5.41, 5.74) is 0. The number of carbonyl (C=O) groups is 2. The van der Waals surface area contributed by atoms with Gasteiger partial charge in [-0.05, 0) is 109 Å². The molecule has 0 aromatic heterocycles. The fourth-order valence-electron chi connectivity index (χ4n) is 12.6. The Morgan fingerprint density at radius 2 is 0.716 bits per heavy atom. The maximum Gasteiger partial charge on any atom is 0.305 e. The highest BCUT2D eigenvalue weighted by molar-refractivity contribution is 5.76. The third-order valence-electron chi connectivity index (χ3n) is 19.0. The normalized spacial score (nSPS) is 17.7.